The number of hydrogen-bond donors (Lipinski definition) is 3. The maximum absolute atomic E-state index is 12.2. The van der Waals surface area contributed by atoms with Gasteiger partial charge in [0.25, 0.3) is 0 Å². The summed E-state index contributed by atoms with van der Waals surface area (Å²) >= 11 is 12.1. The fourth-order valence-electron chi connectivity index (χ4n) is 5.78. The molecule has 3 N–H and O–H groups in total. The van der Waals surface area contributed by atoms with Crippen LogP contribution in [-0.4, -0.2) is 44.1 Å². The highest BCUT2D eigenvalue weighted by Gasteiger charge is 2.17. The first-order valence-corrected chi connectivity index (χ1v) is 16.3. The van der Waals surface area contributed by atoms with Gasteiger partial charge in [-0.05, 0) is 60.7 Å². The molecule has 0 bridgehead atoms. The zero-order valence-corrected chi connectivity index (χ0v) is 28.3. The van der Waals surface area contributed by atoms with Crippen molar-refractivity contribution < 1.29 is 19.4 Å². The van der Waals surface area contributed by atoms with Gasteiger partial charge in [-0.1, -0.05) is 59.6 Å². The van der Waals surface area contributed by atoms with Crippen LogP contribution in [0.2, 0.25) is 10.0 Å². The van der Waals surface area contributed by atoms with Gasteiger partial charge in [-0.2, -0.15) is 0 Å². The van der Waals surface area contributed by atoms with Gasteiger partial charge in [0.2, 0.25) is 0 Å². The average Bonchev–Trinajstić information content (AvgIpc) is 3.14. The molecule has 51 heavy (non-hydrogen) atoms. The quantitative estimate of drug-likeness (QED) is 0.113. The van der Waals surface area contributed by atoms with Crippen molar-refractivity contribution in [3.05, 3.63) is 143 Å². The minimum absolute atomic E-state index is 0.150. The molecule has 0 aliphatic carbocycles. The number of carbonyl (C=O) groups excluding carboxylic acids is 1. The van der Waals surface area contributed by atoms with Crippen LogP contribution in [-0.2, 0) is 4.74 Å². The van der Waals surface area contributed by atoms with E-state index in [0.717, 1.165) is 43.7 Å². The van der Waals surface area contributed by atoms with Crippen LogP contribution in [0, 0.1) is 0 Å². The summed E-state index contributed by atoms with van der Waals surface area (Å²) in [6.07, 6.45) is 6.88. The molecule has 12 heteroatoms. The normalized spacial score (nSPS) is 10.9. The first-order valence-electron chi connectivity index (χ1n) is 15.5. The van der Waals surface area contributed by atoms with Crippen molar-refractivity contribution in [3.8, 4) is 0 Å². The molecule has 0 spiro atoms. The van der Waals surface area contributed by atoms with E-state index >= 15 is 0 Å². The number of carbonyl (C=O) groups is 2. The number of esters is 1. The molecule has 0 aliphatic heterocycles. The highest BCUT2D eigenvalue weighted by atomic mass is 35.5. The van der Waals surface area contributed by atoms with Gasteiger partial charge >= 0.3 is 11.9 Å². The summed E-state index contributed by atoms with van der Waals surface area (Å²) in [6.45, 7) is 0. The third-order valence-electron chi connectivity index (χ3n) is 8.06. The predicted octanol–water partition coefficient (Wildman–Crippen LogP) is 9.84. The van der Waals surface area contributed by atoms with Gasteiger partial charge in [0, 0.05) is 78.5 Å². The van der Waals surface area contributed by atoms with E-state index in [1.54, 1.807) is 61.2 Å². The Balaban J connectivity index is 0.000000159. The number of anilines is 4. The Morgan fingerprint density at radius 3 is 1.55 bits per heavy atom. The Morgan fingerprint density at radius 2 is 1.08 bits per heavy atom. The summed E-state index contributed by atoms with van der Waals surface area (Å²) in [7, 11) is 1.36. The monoisotopic (exact) mass is 712 g/mol. The average molecular weight is 714 g/mol. The van der Waals surface area contributed by atoms with Crippen molar-refractivity contribution in [1.29, 1.82) is 0 Å². The number of fused-ring (bicyclic) bond motifs is 6. The van der Waals surface area contributed by atoms with Gasteiger partial charge in [-0.3, -0.25) is 9.97 Å². The summed E-state index contributed by atoms with van der Waals surface area (Å²) in [5.74, 6) is -0.274. The minimum Gasteiger partial charge on any atom is -0.478 e. The zero-order chi connectivity index (χ0) is 35.5. The lowest BCUT2D eigenvalue weighted by Crippen LogP contribution is -2.04. The number of hydrogen-bond acceptors (Lipinski definition) is 9. The molecule has 0 aliphatic rings. The van der Waals surface area contributed by atoms with Gasteiger partial charge in [0.1, 0.15) is 11.6 Å². The standard InChI is InChI=1S/C20H14ClN3O2.C19H12ClN3O2/c1-26-20(25)16-7-3-6-14-17-11-22-9-8-15(17)19(24-18(14)16)23-13-5-2-4-12(21)10-13;20-11-3-1-4-12(9-11)22-18-14-7-8-21-10-16(14)13-5-2-6-15(19(24)25)17(13)23-18/h2-11H,1H3,(H,23,24);1-10H,(H,22,23)(H,24,25). The molecule has 0 fully saturated rings. The van der Waals surface area contributed by atoms with E-state index in [4.69, 9.17) is 32.9 Å². The number of methoxy groups -OCH3 is 1. The summed E-state index contributed by atoms with van der Waals surface area (Å²) in [4.78, 5) is 41.4. The lowest BCUT2D eigenvalue weighted by molar-refractivity contribution is 0.0601. The van der Waals surface area contributed by atoms with E-state index < -0.39 is 11.9 Å². The summed E-state index contributed by atoms with van der Waals surface area (Å²) < 4.78 is 4.90. The molecule has 8 aromatic rings. The molecule has 8 rings (SSSR count). The van der Waals surface area contributed by atoms with Crippen molar-refractivity contribution in [2.24, 2.45) is 0 Å². The number of aromatic carboxylic acids is 1. The summed E-state index contributed by atoms with van der Waals surface area (Å²) in [5.41, 5.74) is 3.11. The Morgan fingerprint density at radius 1 is 0.608 bits per heavy atom. The summed E-state index contributed by atoms with van der Waals surface area (Å²) in [6, 6.07) is 28.9. The Hall–Kier alpha value is -6.36. The molecular formula is C39H26Cl2N6O4. The second-order valence-corrected chi connectivity index (χ2v) is 12.1. The van der Waals surface area contributed by atoms with Crippen LogP contribution < -0.4 is 10.6 Å². The molecule has 0 unspecified atom stereocenters. The van der Waals surface area contributed by atoms with Crippen LogP contribution >= 0.6 is 23.2 Å². The number of carboxylic acids is 1. The summed E-state index contributed by atoms with van der Waals surface area (Å²) in [5, 5.41) is 22.3. The Labute approximate surface area is 300 Å². The Bertz CT molecular complexity index is 2640. The topological polar surface area (TPSA) is 139 Å². The van der Waals surface area contributed by atoms with E-state index in [0.29, 0.717) is 38.3 Å². The highest BCUT2D eigenvalue weighted by molar-refractivity contribution is 6.31. The lowest BCUT2D eigenvalue weighted by Gasteiger charge is -2.13. The second-order valence-electron chi connectivity index (χ2n) is 11.2. The number of para-hydroxylation sites is 2. The first kappa shape index (κ1) is 33.2. The van der Waals surface area contributed by atoms with Gasteiger partial charge in [-0.25, -0.2) is 19.6 Å². The number of benzene rings is 4. The minimum atomic E-state index is -1.02. The third-order valence-corrected chi connectivity index (χ3v) is 8.53. The van der Waals surface area contributed by atoms with Gasteiger partial charge in [-0.15, -0.1) is 0 Å². The van der Waals surface area contributed by atoms with E-state index in [1.807, 2.05) is 60.7 Å². The van der Waals surface area contributed by atoms with Gasteiger partial charge in [0.15, 0.2) is 0 Å². The number of halogens is 2. The van der Waals surface area contributed by atoms with Crippen molar-refractivity contribution in [2.45, 2.75) is 0 Å². The van der Waals surface area contributed by atoms with Crippen LogP contribution in [0.5, 0.6) is 0 Å². The molecule has 10 nitrogen and oxygen atoms in total. The molecule has 4 aromatic heterocycles. The molecule has 4 heterocycles. The van der Waals surface area contributed by atoms with Crippen LogP contribution in [0.15, 0.2) is 122 Å². The van der Waals surface area contributed by atoms with Crippen LogP contribution in [0.3, 0.4) is 0 Å². The van der Waals surface area contributed by atoms with E-state index in [1.165, 1.54) is 7.11 Å². The molecule has 0 amide bonds. The molecule has 250 valence electrons. The maximum atomic E-state index is 12.2. The lowest BCUT2D eigenvalue weighted by atomic mass is 10.0. The maximum Gasteiger partial charge on any atom is 0.340 e. The number of carboxylic acid groups (broad SMARTS) is 1. The second kappa shape index (κ2) is 14.2. The third kappa shape index (κ3) is 6.78. The number of aromatic nitrogens is 4. The number of ether oxygens (including phenoxy) is 1. The SMILES string of the molecule is COC(=O)c1cccc2c1nc(Nc1cccc(Cl)c1)c1ccncc12.O=C(O)c1cccc2c1nc(Nc1cccc(Cl)c1)c1ccncc12. The molecule has 4 aromatic carbocycles. The molecule has 0 saturated carbocycles. The first-order chi connectivity index (χ1) is 24.8. The van der Waals surface area contributed by atoms with Crippen molar-refractivity contribution in [2.75, 3.05) is 17.7 Å². The smallest absolute Gasteiger partial charge is 0.340 e. The molecule has 0 radical (unpaired) electrons. The van der Waals surface area contributed by atoms with E-state index in [-0.39, 0.29) is 5.56 Å². The zero-order valence-electron chi connectivity index (χ0n) is 26.8. The number of nitrogens with zero attached hydrogens (tertiary/aromatic N) is 4. The fourth-order valence-corrected chi connectivity index (χ4v) is 6.16. The number of nitrogens with one attached hydrogen (secondary N) is 2. The Kier molecular flexibility index (Phi) is 9.26. The molecule has 0 atom stereocenters. The van der Waals surface area contributed by atoms with Gasteiger partial charge in [0.05, 0.1) is 29.3 Å². The van der Waals surface area contributed by atoms with Crippen molar-refractivity contribution in [3.63, 3.8) is 0 Å². The van der Waals surface area contributed by atoms with Crippen LogP contribution in [0.4, 0.5) is 23.0 Å². The van der Waals surface area contributed by atoms with Crippen molar-refractivity contribution in [1.82, 2.24) is 19.9 Å². The molecule has 0 saturated heterocycles. The molecular weight excluding hydrogens is 687 g/mol. The fraction of sp³-hybridized carbons (Fsp3) is 0.0256. The number of rotatable bonds is 6. The predicted molar refractivity (Wildman–Crippen MR) is 202 cm³/mol. The van der Waals surface area contributed by atoms with E-state index in [2.05, 4.69) is 25.6 Å². The number of pyridine rings is 4. The highest BCUT2D eigenvalue weighted by Crippen LogP contribution is 2.34. The van der Waals surface area contributed by atoms with Crippen molar-refractivity contribution >= 4 is 102 Å². The van der Waals surface area contributed by atoms with Crippen LogP contribution in [0.1, 0.15) is 20.7 Å². The largest absolute Gasteiger partial charge is 0.478 e. The van der Waals surface area contributed by atoms with Crippen LogP contribution in [0.25, 0.3) is 43.4 Å². The van der Waals surface area contributed by atoms with E-state index in [9.17, 15) is 14.7 Å². The van der Waals surface area contributed by atoms with Gasteiger partial charge < -0.3 is 20.5 Å².